The Morgan fingerprint density at radius 3 is 2.49 bits per heavy atom. The molecule has 3 heterocycles. The molecule has 11 nitrogen and oxygen atoms in total. The summed E-state index contributed by atoms with van der Waals surface area (Å²) in [4.78, 5) is 59.8. The molecule has 3 fully saturated rings. The Kier molecular flexibility index (Phi) is 11.8. The number of halogens is 1. The van der Waals surface area contributed by atoms with E-state index in [0.717, 1.165) is 10.8 Å². The van der Waals surface area contributed by atoms with E-state index in [0.29, 0.717) is 17.7 Å². The highest BCUT2D eigenvalue weighted by Crippen LogP contribution is 2.61. The predicted octanol–water partition coefficient (Wildman–Crippen LogP) is 4.87. The van der Waals surface area contributed by atoms with Crippen molar-refractivity contribution in [1.29, 1.82) is 0 Å². The van der Waals surface area contributed by atoms with E-state index >= 15 is 0 Å². The van der Waals surface area contributed by atoms with Crippen LogP contribution in [0.4, 0.5) is 5.69 Å². The Morgan fingerprint density at radius 1 is 1.09 bits per heavy atom. The first-order valence-electron chi connectivity index (χ1n) is 17.9. The summed E-state index contributed by atoms with van der Waals surface area (Å²) in [6.07, 6.45) is 2.44. The van der Waals surface area contributed by atoms with Gasteiger partial charge in [0, 0.05) is 30.6 Å². The van der Waals surface area contributed by atoms with Gasteiger partial charge in [-0.2, -0.15) is 0 Å². The van der Waals surface area contributed by atoms with Crippen molar-refractivity contribution in [2.24, 2.45) is 11.8 Å². The van der Waals surface area contributed by atoms with Gasteiger partial charge in [0.25, 0.3) is 5.91 Å². The van der Waals surface area contributed by atoms with Gasteiger partial charge in [0.1, 0.15) is 17.7 Å². The van der Waals surface area contributed by atoms with Crippen LogP contribution in [0.3, 0.4) is 0 Å². The number of ether oxygens (including phenoxy) is 3. The normalized spacial score (nSPS) is 26.1. The van der Waals surface area contributed by atoms with Crippen LogP contribution in [-0.4, -0.2) is 95.2 Å². The van der Waals surface area contributed by atoms with Crippen molar-refractivity contribution in [3.05, 3.63) is 104 Å². The first-order valence-corrected chi connectivity index (χ1v) is 18.8. The van der Waals surface area contributed by atoms with Gasteiger partial charge in [-0.1, -0.05) is 88.7 Å². The lowest BCUT2D eigenvalue weighted by atomic mass is 9.70. The zero-order chi connectivity index (χ0) is 37.9. The quantitative estimate of drug-likeness (QED) is 0.119. The van der Waals surface area contributed by atoms with Crippen molar-refractivity contribution in [1.82, 2.24) is 10.2 Å². The third-order valence-electron chi connectivity index (χ3n) is 10.6. The molecule has 0 aliphatic carbocycles. The molecule has 0 aromatic heterocycles. The van der Waals surface area contributed by atoms with Crippen LogP contribution in [0, 0.1) is 11.8 Å². The molecular formula is C41H46BrN3O8. The Morgan fingerprint density at radius 2 is 1.81 bits per heavy atom. The molecule has 12 heteroatoms. The van der Waals surface area contributed by atoms with Gasteiger partial charge in [-0.15, -0.1) is 13.2 Å². The van der Waals surface area contributed by atoms with Gasteiger partial charge in [0.05, 0.1) is 43.2 Å². The number of fused-ring (bicyclic) bond motifs is 2. The van der Waals surface area contributed by atoms with Crippen LogP contribution in [0.15, 0.2) is 98.1 Å². The highest BCUT2D eigenvalue weighted by atomic mass is 79.9. The van der Waals surface area contributed by atoms with Crippen LogP contribution in [0.5, 0.6) is 0 Å². The summed E-state index contributed by atoms with van der Waals surface area (Å²) >= 11 is 3.73. The molecule has 3 aliphatic heterocycles. The second kappa shape index (κ2) is 16.3. The number of likely N-dealkylation sites (tertiary alicyclic amines) is 1. The number of alkyl halides is 1. The molecule has 53 heavy (non-hydrogen) atoms. The minimum Gasteiger partial charge on any atom is -0.455 e. The number of hydrogen-bond donors (Lipinski definition) is 2. The second-order valence-corrected chi connectivity index (χ2v) is 15.1. The van der Waals surface area contributed by atoms with Crippen molar-refractivity contribution in [3.8, 4) is 0 Å². The molecule has 2 bridgehead atoms. The fourth-order valence-electron chi connectivity index (χ4n) is 8.25. The van der Waals surface area contributed by atoms with Gasteiger partial charge < -0.3 is 34.4 Å². The first kappa shape index (κ1) is 38.4. The molecule has 6 rings (SSSR count). The van der Waals surface area contributed by atoms with Gasteiger partial charge in [0.15, 0.2) is 0 Å². The molecule has 280 valence electrons. The molecule has 1 spiro atoms. The molecule has 9 atom stereocenters. The van der Waals surface area contributed by atoms with Crippen LogP contribution in [0.1, 0.15) is 37.9 Å². The van der Waals surface area contributed by atoms with E-state index in [1.807, 2.05) is 48.5 Å². The van der Waals surface area contributed by atoms with Crippen LogP contribution in [0.2, 0.25) is 0 Å². The monoisotopic (exact) mass is 787 g/mol. The summed E-state index contributed by atoms with van der Waals surface area (Å²) in [6, 6.07) is 19.9. The maximum atomic E-state index is 15.0. The zero-order valence-corrected chi connectivity index (χ0v) is 31.5. The Bertz CT molecular complexity index is 1860. The number of aliphatic hydroxyl groups excluding tert-OH is 1. The van der Waals surface area contributed by atoms with Crippen molar-refractivity contribution >= 4 is 56.1 Å². The highest BCUT2D eigenvalue weighted by molar-refractivity contribution is 9.09. The third kappa shape index (κ3) is 7.17. The number of carbonyl (C=O) groups is 4. The number of carbonyl (C=O) groups excluding carboxylic acids is 4. The van der Waals surface area contributed by atoms with E-state index in [4.69, 9.17) is 14.2 Å². The van der Waals surface area contributed by atoms with E-state index in [1.54, 1.807) is 48.2 Å². The van der Waals surface area contributed by atoms with Gasteiger partial charge >= 0.3 is 5.97 Å². The number of allylic oxidation sites excluding steroid dienone is 1. The fourth-order valence-corrected chi connectivity index (χ4v) is 9.19. The van der Waals surface area contributed by atoms with Crippen molar-refractivity contribution in [2.75, 3.05) is 31.8 Å². The van der Waals surface area contributed by atoms with Crippen molar-refractivity contribution < 1.29 is 38.5 Å². The van der Waals surface area contributed by atoms with E-state index in [1.165, 1.54) is 12.0 Å². The number of nitrogens with zero attached hydrogens (tertiary/aromatic N) is 2. The summed E-state index contributed by atoms with van der Waals surface area (Å²) in [5.74, 6) is -3.99. The topological polar surface area (TPSA) is 135 Å². The highest BCUT2D eigenvalue weighted by Gasteiger charge is 2.77. The van der Waals surface area contributed by atoms with Gasteiger partial charge in [0.2, 0.25) is 11.8 Å². The number of aliphatic hydroxyl groups is 1. The number of amides is 3. The standard InChI is InChI=1S/C41H46BrN3O8/c1-5-7-17-32(47)43-31(24-51-4)35(27-14-9-8-10-15-27)52-40(50)33-34-38(48)45(25(3)23-46)37(41(34)22-30(42)36(33)53-41)39(49)44(20-6-2)29-19-18-26-13-11-12-16-28(26)21-29/h5-6,8-16,18-19,21,25,30-31,33-37,46H,1-2,7,17,20,22-24H2,3-4H3,(H,43,47)/t25-,30?,31-,33+,34-,35-,36+,37+,41-/m1/s1. The summed E-state index contributed by atoms with van der Waals surface area (Å²) in [7, 11) is 1.49. The molecule has 3 saturated heterocycles. The largest absolute Gasteiger partial charge is 0.455 e. The van der Waals surface area contributed by atoms with E-state index in [9.17, 15) is 24.3 Å². The fraction of sp³-hybridized carbons (Fsp3) is 0.415. The minimum atomic E-state index is -1.40. The Balaban J connectivity index is 1.37. The number of benzene rings is 3. The number of anilines is 1. The van der Waals surface area contributed by atoms with Gasteiger partial charge in [-0.05, 0) is 48.2 Å². The Labute approximate surface area is 318 Å². The smallest absolute Gasteiger partial charge is 0.313 e. The van der Waals surface area contributed by atoms with Crippen molar-refractivity contribution in [2.45, 2.75) is 66.9 Å². The van der Waals surface area contributed by atoms with Gasteiger partial charge in [-0.25, -0.2) is 0 Å². The number of methoxy groups -OCH3 is 1. The summed E-state index contributed by atoms with van der Waals surface area (Å²) in [5, 5.41) is 15.3. The maximum absolute atomic E-state index is 15.0. The van der Waals surface area contributed by atoms with Crippen LogP contribution < -0.4 is 10.2 Å². The lowest BCUT2D eigenvalue weighted by Gasteiger charge is -2.38. The maximum Gasteiger partial charge on any atom is 0.313 e. The molecular weight excluding hydrogens is 742 g/mol. The molecule has 3 aromatic rings. The average molecular weight is 789 g/mol. The number of esters is 1. The Hall–Kier alpha value is -4.36. The average Bonchev–Trinajstić information content (AvgIpc) is 3.77. The van der Waals surface area contributed by atoms with E-state index in [-0.39, 0.29) is 36.7 Å². The lowest BCUT2D eigenvalue weighted by Crippen LogP contribution is -2.58. The molecule has 0 saturated carbocycles. The molecule has 0 radical (unpaired) electrons. The molecule has 3 amide bonds. The lowest BCUT2D eigenvalue weighted by molar-refractivity contribution is -0.163. The van der Waals surface area contributed by atoms with Crippen molar-refractivity contribution in [3.63, 3.8) is 0 Å². The van der Waals surface area contributed by atoms with Crippen LogP contribution >= 0.6 is 15.9 Å². The first-order chi connectivity index (χ1) is 25.6. The van der Waals surface area contributed by atoms with E-state index < -0.39 is 72.2 Å². The predicted molar refractivity (Wildman–Crippen MR) is 204 cm³/mol. The van der Waals surface area contributed by atoms with E-state index in [2.05, 4.69) is 34.4 Å². The summed E-state index contributed by atoms with van der Waals surface area (Å²) in [5.41, 5.74) is -0.164. The minimum absolute atomic E-state index is 0.0386. The summed E-state index contributed by atoms with van der Waals surface area (Å²) < 4.78 is 18.5. The SMILES string of the molecule is C=CCCC(=O)N[C@H](COC)[C@H](OC(=O)[C@@H]1[C@H]2O[C@@]3(CC2Br)[C@H](C(=O)N(CC=C)c2ccc4ccccc4c2)N([C@H](C)CO)C(=O)[C@@H]13)c1ccccc1. The third-order valence-corrected chi connectivity index (χ3v) is 11.4. The zero-order valence-electron chi connectivity index (χ0n) is 29.9. The molecule has 1 unspecified atom stereocenters. The van der Waals surface area contributed by atoms with Crippen LogP contribution in [-0.2, 0) is 33.4 Å². The molecule has 2 N–H and O–H groups in total. The number of nitrogens with one attached hydrogen (secondary N) is 1. The second-order valence-electron chi connectivity index (χ2n) is 13.9. The summed E-state index contributed by atoms with van der Waals surface area (Å²) in [6.45, 7) is 9.04. The van der Waals surface area contributed by atoms with Gasteiger partial charge in [-0.3, -0.25) is 19.2 Å². The number of rotatable bonds is 16. The molecule has 3 aliphatic rings. The molecule has 3 aromatic carbocycles. The van der Waals surface area contributed by atoms with Crippen LogP contribution in [0.25, 0.3) is 10.8 Å². The number of hydrogen-bond acceptors (Lipinski definition) is 8.